The van der Waals surface area contributed by atoms with Crippen molar-refractivity contribution in [2.45, 2.75) is 25.8 Å². The maximum atomic E-state index is 12.4. The van der Waals surface area contributed by atoms with E-state index in [0.717, 1.165) is 36.5 Å². The minimum absolute atomic E-state index is 0.0203. The van der Waals surface area contributed by atoms with Crippen LogP contribution < -0.4 is 10.1 Å². The van der Waals surface area contributed by atoms with Crippen LogP contribution in [-0.4, -0.2) is 48.6 Å². The first-order chi connectivity index (χ1) is 12.2. The van der Waals surface area contributed by atoms with Crippen molar-refractivity contribution in [2.24, 2.45) is 0 Å². The molecule has 1 N–H and O–H groups in total. The molecule has 3 rings (SSSR count). The third-order valence-electron chi connectivity index (χ3n) is 4.81. The summed E-state index contributed by atoms with van der Waals surface area (Å²) in [5.74, 6) is 0.747. The Labute approximate surface area is 149 Å². The van der Waals surface area contributed by atoms with E-state index in [4.69, 9.17) is 4.74 Å². The molecule has 5 heteroatoms. The molecule has 1 fully saturated rings. The van der Waals surface area contributed by atoms with E-state index in [1.165, 1.54) is 6.42 Å². The minimum Gasteiger partial charge on any atom is -0.497 e. The lowest BCUT2D eigenvalue weighted by Crippen LogP contribution is -2.40. The summed E-state index contributed by atoms with van der Waals surface area (Å²) in [7, 11) is 1.64. The molecular weight excluding hydrogens is 314 g/mol. The molecule has 1 amide bonds. The number of nitrogens with zero attached hydrogens (tertiary/aromatic N) is 2. The number of benzene rings is 1. The molecule has 1 aliphatic heterocycles. The molecular formula is C20H25N3O2. The topological polar surface area (TPSA) is 54.5 Å². The normalized spacial score (nSPS) is 17.4. The standard InChI is InChI=1S/C20H25N3O2/c1-3-23-12-4-5-17(23)14-22-20(24)16-8-6-15(7-9-16)19-13-18(25-2)10-11-21-19/h6-11,13,17H,3-5,12,14H2,1-2H3,(H,22,24). The number of likely N-dealkylation sites (tertiary alicyclic amines) is 1. The van der Waals surface area contributed by atoms with Gasteiger partial charge < -0.3 is 10.1 Å². The van der Waals surface area contributed by atoms with Crippen LogP contribution in [0.25, 0.3) is 11.3 Å². The molecule has 1 aromatic heterocycles. The van der Waals surface area contributed by atoms with Crippen molar-refractivity contribution in [3.8, 4) is 17.0 Å². The number of amides is 1. The Morgan fingerprint density at radius 1 is 1.32 bits per heavy atom. The van der Waals surface area contributed by atoms with Gasteiger partial charge in [0.05, 0.1) is 12.8 Å². The Bertz CT molecular complexity index is 715. The number of ether oxygens (including phenoxy) is 1. The molecule has 1 aliphatic rings. The summed E-state index contributed by atoms with van der Waals surface area (Å²) >= 11 is 0. The summed E-state index contributed by atoms with van der Waals surface area (Å²) in [6.45, 7) is 5.07. The summed E-state index contributed by atoms with van der Waals surface area (Å²) in [4.78, 5) is 19.2. The molecule has 2 aromatic rings. The van der Waals surface area contributed by atoms with Crippen molar-refractivity contribution in [1.29, 1.82) is 0 Å². The smallest absolute Gasteiger partial charge is 0.251 e. The second-order valence-corrected chi connectivity index (χ2v) is 6.29. The molecule has 132 valence electrons. The van der Waals surface area contributed by atoms with E-state index in [2.05, 4.69) is 22.1 Å². The summed E-state index contributed by atoms with van der Waals surface area (Å²) in [5, 5.41) is 3.07. The van der Waals surface area contributed by atoms with Crippen LogP contribution in [0.15, 0.2) is 42.6 Å². The number of aromatic nitrogens is 1. The van der Waals surface area contributed by atoms with E-state index in [-0.39, 0.29) is 5.91 Å². The van der Waals surface area contributed by atoms with Gasteiger partial charge in [0.2, 0.25) is 0 Å². The van der Waals surface area contributed by atoms with Gasteiger partial charge in [0.15, 0.2) is 0 Å². The predicted molar refractivity (Wildman–Crippen MR) is 98.8 cm³/mol. The number of hydrogen-bond acceptors (Lipinski definition) is 4. The van der Waals surface area contributed by atoms with Crippen LogP contribution in [0.2, 0.25) is 0 Å². The van der Waals surface area contributed by atoms with Crippen LogP contribution in [0.3, 0.4) is 0 Å². The van der Waals surface area contributed by atoms with Crippen LogP contribution in [0.5, 0.6) is 5.75 Å². The van der Waals surface area contributed by atoms with Crippen LogP contribution in [0.4, 0.5) is 0 Å². The van der Waals surface area contributed by atoms with Gasteiger partial charge in [-0.25, -0.2) is 0 Å². The Balaban J connectivity index is 1.62. The first-order valence-corrected chi connectivity index (χ1v) is 8.84. The SMILES string of the molecule is CCN1CCCC1CNC(=O)c1ccc(-c2cc(OC)ccn2)cc1. The van der Waals surface area contributed by atoms with E-state index < -0.39 is 0 Å². The molecule has 1 aromatic carbocycles. The van der Waals surface area contributed by atoms with Gasteiger partial charge in [-0.05, 0) is 44.1 Å². The fourth-order valence-corrected chi connectivity index (χ4v) is 3.34. The van der Waals surface area contributed by atoms with E-state index >= 15 is 0 Å². The molecule has 1 unspecified atom stereocenters. The van der Waals surface area contributed by atoms with Crippen LogP contribution in [0, 0.1) is 0 Å². The Hall–Kier alpha value is -2.40. The number of carbonyl (C=O) groups excluding carboxylic acids is 1. The molecule has 1 saturated heterocycles. The lowest BCUT2D eigenvalue weighted by molar-refractivity contribution is 0.0941. The Morgan fingerprint density at radius 2 is 2.12 bits per heavy atom. The highest BCUT2D eigenvalue weighted by atomic mass is 16.5. The highest BCUT2D eigenvalue weighted by molar-refractivity contribution is 5.94. The molecule has 5 nitrogen and oxygen atoms in total. The highest BCUT2D eigenvalue weighted by Gasteiger charge is 2.23. The van der Waals surface area contributed by atoms with E-state index in [0.29, 0.717) is 18.2 Å². The molecule has 0 radical (unpaired) electrons. The van der Waals surface area contributed by atoms with E-state index in [1.807, 2.05) is 36.4 Å². The quantitative estimate of drug-likeness (QED) is 0.879. The molecule has 0 spiro atoms. The van der Waals surface area contributed by atoms with Crippen LogP contribution >= 0.6 is 0 Å². The number of methoxy groups -OCH3 is 1. The Kier molecular flexibility index (Phi) is 5.66. The average molecular weight is 339 g/mol. The average Bonchev–Trinajstić information content (AvgIpc) is 3.14. The molecule has 25 heavy (non-hydrogen) atoms. The lowest BCUT2D eigenvalue weighted by atomic mass is 10.1. The van der Waals surface area contributed by atoms with Gasteiger partial charge in [0.1, 0.15) is 5.75 Å². The number of carbonyl (C=O) groups is 1. The lowest BCUT2D eigenvalue weighted by Gasteiger charge is -2.22. The fourth-order valence-electron chi connectivity index (χ4n) is 3.34. The van der Waals surface area contributed by atoms with Gasteiger partial charge in [-0.1, -0.05) is 19.1 Å². The van der Waals surface area contributed by atoms with Gasteiger partial charge in [-0.3, -0.25) is 14.7 Å². The predicted octanol–water partition coefficient (Wildman–Crippen LogP) is 2.97. The zero-order chi connectivity index (χ0) is 17.6. The fraction of sp³-hybridized carbons (Fsp3) is 0.400. The molecule has 0 bridgehead atoms. The molecule has 0 saturated carbocycles. The molecule has 2 heterocycles. The van der Waals surface area contributed by atoms with E-state index in [1.54, 1.807) is 13.3 Å². The number of pyridine rings is 1. The van der Waals surface area contributed by atoms with Crippen molar-refractivity contribution < 1.29 is 9.53 Å². The molecule has 1 atom stereocenters. The summed E-state index contributed by atoms with van der Waals surface area (Å²) in [6, 6.07) is 11.7. The van der Waals surface area contributed by atoms with Crippen molar-refractivity contribution in [2.75, 3.05) is 26.7 Å². The Morgan fingerprint density at radius 3 is 2.84 bits per heavy atom. The number of hydrogen-bond donors (Lipinski definition) is 1. The van der Waals surface area contributed by atoms with Crippen molar-refractivity contribution in [1.82, 2.24) is 15.2 Å². The summed E-state index contributed by atoms with van der Waals surface area (Å²) in [5.41, 5.74) is 2.46. The van der Waals surface area contributed by atoms with Gasteiger partial charge >= 0.3 is 0 Å². The van der Waals surface area contributed by atoms with Crippen molar-refractivity contribution in [3.05, 3.63) is 48.2 Å². The van der Waals surface area contributed by atoms with Crippen LogP contribution in [-0.2, 0) is 0 Å². The van der Waals surface area contributed by atoms with Gasteiger partial charge in [-0.15, -0.1) is 0 Å². The zero-order valence-corrected chi connectivity index (χ0v) is 14.9. The first kappa shape index (κ1) is 17.4. The minimum atomic E-state index is -0.0203. The van der Waals surface area contributed by atoms with Gasteiger partial charge in [0, 0.05) is 36.0 Å². The van der Waals surface area contributed by atoms with Crippen molar-refractivity contribution >= 4 is 5.91 Å². The first-order valence-electron chi connectivity index (χ1n) is 8.84. The summed E-state index contributed by atoms with van der Waals surface area (Å²) in [6.07, 6.45) is 4.10. The monoisotopic (exact) mass is 339 g/mol. The summed E-state index contributed by atoms with van der Waals surface area (Å²) < 4.78 is 5.23. The number of nitrogens with one attached hydrogen (secondary N) is 1. The van der Waals surface area contributed by atoms with Gasteiger partial charge in [-0.2, -0.15) is 0 Å². The number of likely N-dealkylation sites (N-methyl/N-ethyl adjacent to an activating group) is 1. The van der Waals surface area contributed by atoms with Crippen LogP contribution in [0.1, 0.15) is 30.1 Å². The zero-order valence-electron chi connectivity index (χ0n) is 14.9. The third-order valence-corrected chi connectivity index (χ3v) is 4.81. The maximum absolute atomic E-state index is 12.4. The largest absolute Gasteiger partial charge is 0.497 e. The molecule has 0 aliphatic carbocycles. The third kappa shape index (κ3) is 4.17. The second-order valence-electron chi connectivity index (χ2n) is 6.29. The highest BCUT2D eigenvalue weighted by Crippen LogP contribution is 2.21. The maximum Gasteiger partial charge on any atom is 0.251 e. The van der Waals surface area contributed by atoms with E-state index in [9.17, 15) is 4.79 Å². The second kappa shape index (κ2) is 8.12. The number of rotatable bonds is 6. The van der Waals surface area contributed by atoms with Gasteiger partial charge in [0.25, 0.3) is 5.91 Å². The van der Waals surface area contributed by atoms with Crippen molar-refractivity contribution in [3.63, 3.8) is 0 Å².